The van der Waals surface area contributed by atoms with Gasteiger partial charge in [-0.1, -0.05) is 22.0 Å². The topological polar surface area (TPSA) is 73.9 Å². The summed E-state index contributed by atoms with van der Waals surface area (Å²) in [4.78, 5) is 25.1. The summed E-state index contributed by atoms with van der Waals surface area (Å²) >= 11 is 3.92. The van der Waals surface area contributed by atoms with E-state index < -0.39 is 0 Å². The Bertz CT molecular complexity index is 842. The van der Waals surface area contributed by atoms with Gasteiger partial charge in [-0.25, -0.2) is 0 Å². The van der Waals surface area contributed by atoms with Crippen molar-refractivity contribution < 1.29 is 23.8 Å². The Labute approximate surface area is 185 Å². The maximum absolute atomic E-state index is 12.9. The van der Waals surface area contributed by atoms with Crippen LogP contribution in [0.25, 0.3) is 0 Å². The van der Waals surface area contributed by atoms with E-state index in [4.69, 9.17) is 14.2 Å². The van der Waals surface area contributed by atoms with Crippen molar-refractivity contribution in [1.82, 2.24) is 5.32 Å². The number of esters is 1. The van der Waals surface area contributed by atoms with Gasteiger partial charge in [0.15, 0.2) is 18.1 Å². The molecule has 0 spiro atoms. The molecule has 5 aliphatic rings. The highest BCUT2D eigenvalue weighted by atomic mass is 79.9. The lowest BCUT2D eigenvalue weighted by atomic mass is 9.49. The fourth-order valence-corrected chi connectivity index (χ4v) is 7.77. The summed E-state index contributed by atoms with van der Waals surface area (Å²) in [6.07, 6.45) is 6.93. The van der Waals surface area contributed by atoms with Crippen LogP contribution in [-0.2, 0) is 20.7 Å². The van der Waals surface area contributed by atoms with Crippen molar-refractivity contribution >= 4 is 27.8 Å². The predicted molar refractivity (Wildman–Crippen MR) is 114 cm³/mol. The van der Waals surface area contributed by atoms with Gasteiger partial charge < -0.3 is 19.5 Å². The highest BCUT2D eigenvalue weighted by Crippen LogP contribution is 2.64. The minimum atomic E-state index is -0.390. The van der Waals surface area contributed by atoms with Crippen LogP contribution in [0.3, 0.4) is 0 Å². The minimum Gasteiger partial charge on any atom is -0.486 e. The van der Waals surface area contributed by atoms with E-state index in [1.807, 2.05) is 18.2 Å². The Kier molecular flexibility index (Phi) is 5.20. The molecule has 0 radical (unpaired) electrons. The molecular formula is C23H28BrNO5. The van der Waals surface area contributed by atoms with E-state index in [1.165, 1.54) is 19.3 Å². The van der Waals surface area contributed by atoms with Crippen LogP contribution in [0, 0.1) is 17.3 Å². The van der Waals surface area contributed by atoms with Gasteiger partial charge in [0.1, 0.15) is 13.2 Å². The van der Waals surface area contributed by atoms with E-state index in [0.717, 1.165) is 36.3 Å². The Balaban J connectivity index is 1.09. The lowest BCUT2D eigenvalue weighted by Gasteiger charge is -2.58. The first-order valence-corrected chi connectivity index (χ1v) is 11.7. The van der Waals surface area contributed by atoms with Gasteiger partial charge in [-0.05, 0) is 74.5 Å². The molecule has 2 atom stereocenters. The Morgan fingerprint density at radius 1 is 1.10 bits per heavy atom. The number of benzene rings is 1. The van der Waals surface area contributed by atoms with Crippen molar-refractivity contribution in [3.8, 4) is 11.5 Å². The van der Waals surface area contributed by atoms with E-state index in [-0.39, 0.29) is 28.2 Å². The molecule has 1 heterocycles. The zero-order valence-corrected chi connectivity index (χ0v) is 18.7. The third kappa shape index (κ3) is 3.93. The maximum Gasteiger partial charge on any atom is 0.312 e. The molecule has 30 heavy (non-hydrogen) atoms. The first kappa shape index (κ1) is 20.2. The molecule has 162 valence electrons. The van der Waals surface area contributed by atoms with Crippen molar-refractivity contribution in [1.29, 1.82) is 0 Å². The zero-order valence-electron chi connectivity index (χ0n) is 17.1. The van der Waals surface area contributed by atoms with Crippen LogP contribution in [0.2, 0.25) is 0 Å². The number of amides is 1. The van der Waals surface area contributed by atoms with E-state index in [9.17, 15) is 9.59 Å². The second kappa shape index (κ2) is 7.74. The number of hydrogen-bond donors (Lipinski definition) is 1. The van der Waals surface area contributed by atoms with Gasteiger partial charge in [0.25, 0.3) is 5.91 Å². The number of nitrogens with one attached hydrogen (secondary N) is 1. The van der Waals surface area contributed by atoms with Gasteiger partial charge in [-0.3, -0.25) is 9.59 Å². The summed E-state index contributed by atoms with van der Waals surface area (Å²) in [5.74, 6) is 2.30. The molecule has 0 saturated heterocycles. The summed E-state index contributed by atoms with van der Waals surface area (Å²) in [5.41, 5.74) is 0.673. The largest absolute Gasteiger partial charge is 0.486 e. The number of carbonyl (C=O) groups is 2. The second-order valence-corrected chi connectivity index (χ2v) is 11.2. The molecule has 1 aromatic carbocycles. The molecule has 1 amide bonds. The van der Waals surface area contributed by atoms with Gasteiger partial charge in [-0.15, -0.1) is 0 Å². The van der Waals surface area contributed by atoms with Crippen LogP contribution < -0.4 is 14.8 Å². The van der Waals surface area contributed by atoms with Crippen molar-refractivity contribution in [3.05, 3.63) is 23.8 Å². The van der Waals surface area contributed by atoms with E-state index in [1.54, 1.807) is 0 Å². The van der Waals surface area contributed by atoms with Crippen LogP contribution >= 0.6 is 15.9 Å². The average molecular weight is 478 g/mol. The molecule has 1 N–H and O–H groups in total. The molecule has 6 nitrogen and oxygen atoms in total. The molecule has 1 aliphatic heterocycles. The molecule has 1 aromatic rings. The van der Waals surface area contributed by atoms with Crippen LogP contribution in [0.1, 0.15) is 44.1 Å². The third-order valence-corrected chi connectivity index (χ3v) is 8.03. The molecule has 0 aromatic heterocycles. The second-order valence-electron chi connectivity index (χ2n) is 9.55. The highest BCUT2D eigenvalue weighted by molar-refractivity contribution is 9.10. The molecule has 4 fully saturated rings. The summed E-state index contributed by atoms with van der Waals surface area (Å²) in [5, 5.41) is 2.85. The standard InChI is InChI=1S/C23H28BrNO5/c24-23-11-16-7-17(12-23)10-22(9-16,14-23)21(27)30-13-20(26)25-4-3-15-1-2-18-19(8-15)29-6-5-28-18/h1-2,8,16-17H,3-7,9-14H2,(H,25,26). The highest BCUT2D eigenvalue weighted by Gasteiger charge is 2.60. The van der Waals surface area contributed by atoms with Crippen molar-refractivity contribution in [3.63, 3.8) is 0 Å². The number of halogens is 1. The lowest BCUT2D eigenvalue weighted by Crippen LogP contribution is -2.56. The minimum absolute atomic E-state index is 0.0992. The van der Waals surface area contributed by atoms with Crippen LogP contribution in [-0.4, -0.2) is 42.6 Å². The third-order valence-electron chi connectivity index (χ3n) is 7.10. The quantitative estimate of drug-likeness (QED) is 0.501. The zero-order chi connectivity index (χ0) is 20.8. The van der Waals surface area contributed by atoms with Gasteiger partial charge in [0.2, 0.25) is 0 Å². The monoisotopic (exact) mass is 477 g/mol. The summed E-state index contributed by atoms with van der Waals surface area (Å²) in [6, 6.07) is 5.82. The number of fused-ring (bicyclic) bond motifs is 1. The first-order valence-electron chi connectivity index (χ1n) is 10.9. The summed E-state index contributed by atoms with van der Waals surface area (Å²) in [6.45, 7) is 1.40. The molecule has 2 unspecified atom stereocenters. The first-order chi connectivity index (χ1) is 14.4. The van der Waals surface area contributed by atoms with E-state index in [2.05, 4.69) is 21.2 Å². The maximum atomic E-state index is 12.9. The predicted octanol–water partition coefficient (Wildman–Crippen LogP) is 3.39. The smallest absolute Gasteiger partial charge is 0.312 e. The van der Waals surface area contributed by atoms with E-state index >= 15 is 0 Å². The van der Waals surface area contributed by atoms with E-state index in [0.29, 0.717) is 38.0 Å². The number of rotatable bonds is 6. The van der Waals surface area contributed by atoms with Gasteiger partial charge in [0, 0.05) is 10.9 Å². The molecule has 4 aliphatic carbocycles. The van der Waals surface area contributed by atoms with Crippen molar-refractivity contribution in [2.45, 2.75) is 49.3 Å². The molecule has 4 saturated carbocycles. The van der Waals surface area contributed by atoms with Crippen LogP contribution in [0.4, 0.5) is 0 Å². The normalized spacial score (nSPS) is 33.2. The Morgan fingerprint density at radius 2 is 1.83 bits per heavy atom. The van der Waals surface area contributed by atoms with Crippen LogP contribution in [0.5, 0.6) is 11.5 Å². The van der Waals surface area contributed by atoms with Crippen molar-refractivity contribution in [2.24, 2.45) is 17.3 Å². The van der Waals surface area contributed by atoms with Gasteiger partial charge in [0.05, 0.1) is 5.41 Å². The van der Waals surface area contributed by atoms with Crippen molar-refractivity contribution in [2.75, 3.05) is 26.4 Å². The fraction of sp³-hybridized carbons (Fsp3) is 0.652. The summed E-state index contributed by atoms with van der Waals surface area (Å²) in [7, 11) is 0. The molecule has 4 bridgehead atoms. The summed E-state index contributed by atoms with van der Waals surface area (Å²) < 4.78 is 16.7. The number of ether oxygens (including phenoxy) is 3. The average Bonchev–Trinajstić information content (AvgIpc) is 2.70. The van der Waals surface area contributed by atoms with Gasteiger partial charge in [-0.2, -0.15) is 0 Å². The SMILES string of the molecule is O=C(COC(=O)C12CC3CC(CC(Br)(C3)C1)C2)NCCc1ccc2c(c1)OCCO2. The molecular weight excluding hydrogens is 450 g/mol. The number of alkyl halides is 1. The number of carbonyl (C=O) groups excluding carboxylic acids is 2. The lowest BCUT2D eigenvalue weighted by molar-refractivity contribution is -0.171. The fourth-order valence-electron chi connectivity index (χ4n) is 6.31. The molecule has 7 heteroatoms. The Morgan fingerprint density at radius 3 is 2.57 bits per heavy atom. The molecule has 6 rings (SSSR count). The Hall–Kier alpha value is -1.76. The van der Waals surface area contributed by atoms with Gasteiger partial charge >= 0.3 is 5.97 Å². The van der Waals surface area contributed by atoms with Crippen LogP contribution in [0.15, 0.2) is 18.2 Å². The number of hydrogen-bond acceptors (Lipinski definition) is 5.